The Morgan fingerprint density at radius 2 is 2.47 bits per heavy atom. The molecule has 1 aliphatic carbocycles. The first kappa shape index (κ1) is 12.1. The van der Waals surface area contributed by atoms with Crippen molar-refractivity contribution in [3.8, 4) is 0 Å². The maximum absolute atomic E-state index is 11.0. The van der Waals surface area contributed by atoms with Crippen molar-refractivity contribution in [2.45, 2.75) is 44.8 Å². The molecule has 0 radical (unpaired) electrons. The van der Waals surface area contributed by atoms with E-state index < -0.39 is 0 Å². The molecule has 1 saturated carbocycles. The lowest BCUT2D eigenvalue weighted by atomic mass is 10.3. The lowest BCUT2D eigenvalue weighted by Crippen LogP contribution is -2.19. The standard InChI is InChI=1S/C12H19N3O2/c1-17-12(16)3-2-7-15-8-6-13-11(15)9-14-10-4-5-10/h6,8,10,14H,2-5,7,9H2,1H3. The second kappa shape index (κ2) is 5.82. The molecule has 5 nitrogen and oxygen atoms in total. The zero-order valence-corrected chi connectivity index (χ0v) is 10.2. The second-order valence-corrected chi connectivity index (χ2v) is 4.37. The number of esters is 1. The number of ether oxygens (including phenoxy) is 1. The van der Waals surface area contributed by atoms with Crippen molar-refractivity contribution in [3.05, 3.63) is 18.2 Å². The number of carbonyl (C=O) groups excluding carboxylic acids is 1. The molecule has 94 valence electrons. The predicted octanol–water partition coefficient (Wildman–Crippen LogP) is 1.09. The van der Waals surface area contributed by atoms with Gasteiger partial charge in [-0.2, -0.15) is 0 Å². The number of hydrogen-bond donors (Lipinski definition) is 1. The Labute approximate surface area is 101 Å². The van der Waals surface area contributed by atoms with Gasteiger partial charge in [0.15, 0.2) is 0 Å². The van der Waals surface area contributed by atoms with Crippen LogP contribution in [0.5, 0.6) is 0 Å². The zero-order valence-electron chi connectivity index (χ0n) is 10.2. The molecule has 1 N–H and O–H groups in total. The maximum atomic E-state index is 11.0. The quantitative estimate of drug-likeness (QED) is 0.721. The van der Waals surface area contributed by atoms with Crippen molar-refractivity contribution in [2.75, 3.05) is 7.11 Å². The van der Waals surface area contributed by atoms with Gasteiger partial charge in [0.1, 0.15) is 5.82 Å². The first-order valence-corrected chi connectivity index (χ1v) is 6.10. The highest BCUT2D eigenvalue weighted by Gasteiger charge is 2.20. The summed E-state index contributed by atoms with van der Waals surface area (Å²) in [7, 11) is 1.42. The third kappa shape index (κ3) is 3.85. The van der Waals surface area contributed by atoms with Gasteiger partial charge in [0, 0.05) is 31.4 Å². The van der Waals surface area contributed by atoms with Crippen LogP contribution in [0.3, 0.4) is 0 Å². The van der Waals surface area contributed by atoms with E-state index >= 15 is 0 Å². The molecule has 1 aliphatic rings. The van der Waals surface area contributed by atoms with Crippen molar-refractivity contribution >= 4 is 5.97 Å². The predicted molar refractivity (Wildman–Crippen MR) is 63.3 cm³/mol. The van der Waals surface area contributed by atoms with Crippen molar-refractivity contribution in [3.63, 3.8) is 0 Å². The molecule has 2 rings (SSSR count). The van der Waals surface area contributed by atoms with Gasteiger partial charge >= 0.3 is 5.97 Å². The number of carbonyl (C=O) groups is 1. The van der Waals surface area contributed by atoms with Gasteiger partial charge in [0.2, 0.25) is 0 Å². The second-order valence-electron chi connectivity index (χ2n) is 4.37. The summed E-state index contributed by atoms with van der Waals surface area (Å²) < 4.78 is 6.71. The Balaban J connectivity index is 1.74. The van der Waals surface area contributed by atoms with Gasteiger partial charge in [0.05, 0.1) is 13.7 Å². The van der Waals surface area contributed by atoms with E-state index in [9.17, 15) is 4.79 Å². The number of rotatable bonds is 7. The summed E-state index contributed by atoms with van der Waals surface area (Å²) in [5, 5.41) is 3.43. The summed E-state index contributed by atoms with van der Waals surface area (Å²) in [6.07, 6.45) is 7.58. The lowest BCUT2D eigenvalue weighted by Gasteiger charge is -2.07. The number of aryl methyl sites for hydroxylation is 1. The minimum Gasteiger partial charge on any atom is -0.469 e. The van der Waals surface area contributed by atoms with E-state index in [4.69, 9.17) is 0 Å². The van der Waals surface area contributed by atoms with Crippen LogP contribution in [0.1, 0.15) is 31.5 Å². The molecule has 0 atom stereocenters. The van der Waals surface area contributed by atoms with Crippen LogP contribution >= 0.6 is 0 Å². The first-order chi connectivity index (χ1) is 8.29. The van der Waals surface area contributed by atoms with E-state index in [1.54, 1.807) is 0 Å². The SMILES string of the molecule is COC(=O)CCCn1ccnc1CNC1CC1. The molecule has 0 aromatic carbocycles. The average Bonchev–Trinajstić information content (AvgIpc) is 3.07. The highest BCUT2D eigenvalue weighted by molar-refractivity contribution is 5.68. The fourth-order valence-electron chi connectivity index (χ4n) is 1.73. The third-order valence-corrected chi connectivity index (χ3v) is 2.94. The summed E-state index contributed by atoms with van der Waals surface area (Å²) in [6, 6.07) is 0.690. The molecule has 0 aliphatic heterocycles. The normalized spacial score (nSPS) is 14.9. The summed E-state index contributed by atoms with van der Waals surface area (Å²) in [6.45, 7) is 1.63. The van der Waals surface area contributed by atoms with Gasteiger partial charge in [-0.25, -0.2) is 4.98 Å². The van der Waals surface area contributed by atoms with Gasteiger partial charge in [-0.3, -0.25) is 4.79 Å². The van der Waals surface area contributed by atoms with Crippen LogP contribution < -0.4 is 5.32 Å². The molecule has 1 aromatic rings. The van der Waals surface area contributed by atoms with Crippen LogP contribution in [0.15, 0.2) is 12.4 Å². The fraction of sp³-hybridized carbons (Fsp3) is 0.667. The van der Waals surface area contributed by atoms with E-state index in [2.05, 4.69) is 19.6 Å². The van der Waals surface area contributed by atoms with Crippen molar-refractivity contribution < 1.29 is 9.53 Å². The van der Waals surface area contributed by atoms with Crippen LogP contribution in [0, 0.1) is 0 Å². The van der Waals surface area contributed by atoms with E-state index in [-0.39, 0.29) is 5.97 Å². The van der Waals surface area contributed by atoms with Crippen molar-refractivity contribution in [1.29, 1.82) is 0 Å². The number of imidazole rings is 1. The minimum absolute atomic E-state index is 0.150. The average molecular weight is 237 g/mol. The number of nitrogens with zero attached hydrogens (tertiary/aromatic N) is 2. The Bertz CT molecular complexity index is 372. The van der Waals surface area contributed by atoms with E-state index in [1.807, 2.05) is 12.4 Å². The maximum Gasteiger partial charge on any atom is 0.305 e. The van der Waals surface area contributed by atoms with E-state index in [0.29, 0.717) is 12.5 Å². The molecule has 0 unspecified atom stereocenters. The lowest BCUT2D eigenvalue weighted by molar-refractivity contribution is -0.140. The Morgan fingerprint density at radius 1 is 1.65 bits per heavy atom. The number of methoxy groups -OCH3 is 1. The molecular formula is C12H19N3O2. The highest BCUT2D eigenvalue weighted by atomic mass is 16.5. The van der Waals surface area contributed by atoms with Crippen LogP contribution in [-0.4, -0.2) is 28.7 Å². The molecule has 1 fully saturated rings. The van der Waals surface area contributed by atoms with E-state index in [0.717, 1.165) is 25.3 Å². The van der Waals surface area contributed by atoms with Crippen molar-refractivity contribution in [1.82, 2.24) is 14.9 Å². The molecule has 1 heterocycles. The van der Waals surface area contributed by atoms with Gasteiger partial charge in [-0.15, -0.1) is 0 Å². The van der Waals surface area contributed by atoms with E-state index in [1.165, 1.54) is 20.0 Å². The van der Waals surface area contributed by atoms with Crippen LogP contribution in [0.25, 0.3) is 0 Å². The summed E-state index contributed by atoms with van der Waals surface area (Å²) in [4.78, 5) is 15.3. The van der Waals surface area contributed by atoms with Crippen molar-refractivity contribution in [2.24, 2.45) is 0 Å². The Morgan fingerprint density at radius 3 is 3.18 bits per heavy atom. The number of hydrogen-bond acceptors (Lipinski definition) is 4. The molecule has 0 amide bonds. The third-order valence-electron chi connectivity index (χ3n) is 2.94. The summed E-state index contributed by atoms with van der Waals surface area (Å²) in [5.74, 6) is 0.893. The van der Waals surface area contributed by atoms with Gasteiger partial charge in [-0.1, -0.05) is 0 Å². The van der Waals surface area contributed by atoms with Gasteiger partial charge in [0.25, 0.3) is 0 Å². The summed E-state index contributed by atoms with van der Waals surface area (Å²) in [5.41, 5.74) is 0. The monoisotopic (exact) mass is 237 g/mol. The molecule has 1 aromatic heterocycles. The summed E-state index contributed by atoms with van der Waals surface area (Å²) >= 11 is 0. The Hall–Kier alpha value is -1.36. The smallest absolute Gasteiger partial charge is 0.305 e. The van der Waals surface area contributed by atoms with Crippen LogP contribution in [-0.2, 0) is 22.6 Å². The number of aromatic nitrogens is 2. The fourth-order valence-corrected chi connectivity index (χ4v) is 1.73. The molecule has 0 saturated heterocycles. The Kier molecular flexibility index (Phi) is 4.14. The van der Waals surface area contributed by atoms with Gasteiger partial charge < -0.3 is 14.6 Å². The molecule has 5 heteroatoms. The topological polar surface area (TPSA) is 56.2 Å². The molecular weight excluding hydrogens is 218 g/mol. The van der Waals surface area contributed by atoms with Crippen LogP contribution in [0.2, 0.25) is 0 Å². The largest absolute Gasteiger partial charge is 0.469 e. The minimum atomic E-state index is -0.150. The number of nitrogens with one attached hydrogen (secondary N) is 1. The first-order valence-electron chi connectivity index (χ1n) is 6.10. The molecule has 17 heavy (non-hydrogen) atoms. The molecule has 0 bridgehead atoms. The van der Waals surface area contributed by atoms with Gasteiger partial charge in [-0.05, 0) is 19.3 Å². The zero-order chi connectivity index (χ0) is 12.1. The van der Waals surface area contributed by atoms with Crippen LogP contribution in [0.4, 0.5) is 0 Å². The highest BCUT2D eigenvalue weighted by Crippen LogP contribution is 2.19. The molecule has 0 spiro atoms.